The molecule has 0 bridgehead atoms. The number of ketones is 1. The van der Waals surface area contributed by atoms with Gasteiger partial charge in [-0.2, -0.15) is 0 Å². The van der Waals surface area contributed by atoms with Crippen molar-refractivity contribution in [1.82, 2.24) is 4.90 Å². The standard InChI is InChI=1S/C21H25NO/c1-17(16-22-14-6-3-7-15-22)21(23)20-12-10-19(11-13-20)18-8-4-2-5-9-18/h2,4-5,8-13,17H,3,6-7,14-16H2,1H3/t17-/m1/s1. The third-order valence-electron chi connectivity index (χ3n) is 4.70. The van der Waals surface area contributed by atoms with Gasteiger partial charge in [0.05, 0.1) is 0 Å². The highest BCUT2D eigenvalue weighted by atomic mass is 16.1. The molecule has 1 fully saturated rings. The molecular weight excluding hydrogens is 282 g/mol. The molecule has 0 saturated carbocycles. The van der Waals surface area contributed by atoms with Gasteiger partial charge in [-0.3, -0.25) is 4.79 Å². The van der Waals surface area contributed by atoms with E-state index in [1.165, 1.54) is 24.8 Å². The van der Waals surface area contributed by atoms with Gasteiger partial charge in [-0.15, -0.1) is 0 Å². The molecular formula is C21H25NO. The predicted molar refractivity (Wildman–Crippen MR) is 95.7 cm³/mol. The van der Waals surface area contributed by atoms with E-state index in [2.05, 4.69) is 36.1 Å². The quantitative estimate of drug-likeness (QED) is 0.749. The number of hydrogen-bond donors (Lipinski definition) is 0. The summed E-state index contributed by atoms with van der Waals surface area (Å²) in [6, 6.07) is 18.3. The van der Waals surface area contributed by atoms with Crippen LogP contribution in [0.15, 0.2) is 54.6 Å². The molecule has 0 radical (unpaired) electrons. The van der Waals surface area contributed by atoms with Gasteiger partial charge in [-0.1, -0.05) is 67.9 Å². The van der Waals surface area contributed by atoms with Crippen LogP contribution in [0.4, 0.5) is 0 Å². The van der Waals surface area contributed by atoms with E-state index >= 15 is 0 Å². The fraction of sp³-hybridized carbons (Fsp3) is 0.381. The van der Waals surface area contributed by atoms with Crippen molar-refractivity contribution in [2.24, 2.45) is 5.92 Å². The van der Waals surface area contributed by atoms with Crippen LogP contribution in [0.25, 0.3) is 11.1 Å². The van der Waals surface area contributed by atoms with Crippen LogP contribution in [0.1, 0.15) is 36.5 Å². The smallest absolute Gasteiger partial charge is 0.166 e. The summed E-state index contributed by atoms with van der Waals surface area (Å²) in [5, 5.41) is 0. The van der Waals surface area contributed by atoms with Crippen LogP contribution >= 0.6 is 0 Å². The van der Waals surface area contributed by atoms with Crippen LogP contribution in [0.3, 0.4) is 0 Å². The molecule has 1 heterocycles. The van der Waals surface area contributed by atoms with Crippen molar-refractivity contribution in [3.8, 4) is 11.1 Å². The molecule has 0 spiro atoms. The first-order valence-electron chi connectivity index (χ1n) is 8.66. The van der Waals surface area contributed by atoms with E-state index in [9.17, 15) is 4.79 Å². The second kappa shape index (κ2) is 7.56. The van der Waals surface area contributed by atoms with Crippen LogP contribution < -0.4 is 0 Å². The third-order valence-corrected chi connectivity index (χ3v) is 4.70. The third kappa shape index (κ3) is 4.08. The number of nitrogens with zero attached hydrogens (tertiary/aromatic N) is 1. The van der Waals surface area contributed by atoms with E-state index < -0.39 is 0 Å². The summed E-state index contributed by atoms with van der Waals surface area (Å²) in [5.41, 5.74) is 3.17. The SMILES string of the molecule is C[C@H](CN1CCCCC1)C(=O)c1ccc(-c2ccccc2)cc1. The highest BCUT2D eigenvalue weighted by Gasteiger charge is 2.19. The molecule has 1 aliphatic rings. The summed E-state index contributed by atoms with van der Waals surface area (Å²) in [6.07, 6.45) is 3.87. The molecule has 0 amide bonds. The van der Waals surface area contributed by atoms with E-state index in [4.69, 9.17) is 0 Å². The van der Waals surface area contributed by atoms with Crippen molar-refractivity contribution < 1.29 is 4.79 Å². The number of rotatable bonds is 5. The Morgan fingerprint density at radius 3 is 2.17 bits per heavy atom. The van der Waals surface area contributed by atoms with Crippen molar-refractivity contribution in [2.45, 2.75) is 26.2 Å². The number of likely N-dealkylation sites (tertiary alicyclic amines) is 1. The van der Waals surface area contributed by atoms with Crippen molar-refractivity contribution in [1.29, 1.82) is 0 Å². The Balaban J connectivity index is 1.65. The average molecular weight is 307 g/mol. The Kier molecular flexibility index (Phi) is 5.24. The van der Waals surface area contributed by atoms with E-state index in [1.807, 2.05) is 30.3 Å². The molecule has 0 aromatic heterocycles. The molecule has 1 aliphatic heterocycles. The Morgan fingerprint density at radius 1 is 0.913 bits per heavy atom. The predicted octanol–water partition coefficient (Wildman–Crippen LogP) is 4.66. The fourth-order valence-corrected chi connectivity index (χ4v) is 3.35. The summed E-state index contributed by atoms with van der Waals surface area (Å²) in [4.78, 5) is 15.1. The van der Waals surface area contributed by atoms with Gasteiger partial charge in [0.15, 0.2) is 5.78 Å². The summed E-state index contributed by atoms with van der Waals surface area (Å²) < 4.78 is 0. The topological polar surface area (TPSA) is 20.3 Å². The van der Waals surface area contributed by atoms with Crippen molar-refractivity contribution in [2.75, 3.05) is 19.6 Å². The zero-order chi connectivity index (χ0) is 16.1. The maximum atomic E-state index is 12.6. The van der Waals surface area contributed by atoms with E-state index in [0.717, 1.165) is 30.8 Å². The zero-order valence-corrected chi connectivity index (χ0v) is 13.9. The number of hydrogen-bond acceptors (Lipinski definition) is 2. The average Bonchev–Trinajstić information content (AvgIpc) is 2.63. The maximum Gasteiger partial charge on any atom is 0.166 e. The largest absolute Gasteiger partial charge is 0.303 e. The lowest BCUT2D eigenvalue weighted by Gasteiger charge is -2.28. The molecule has 0 aliphatic carbocycles. The maximum absolute atomic E-state index is 12.6. The van der Waals surface area contributed by atoms with E-state index in [1.54, 1.807) is 0 Å². The minimum atomic E-state index is 0.0654. The minimum absolute atomic E-state index is 0.0654. The molecule has 2 heteroatoms. The molecule has 3 rings (SSSR count). The van der Waals surface area contributed by atoms with E-state index in [0.29, 0.717) is 0 Å². The second-order valence-corrected chi connectivity index (χ2v) is 6.57. The van der Waals surface area contributed by atoms with Crippen LogP contribution in [0.2, 0.25) is 0 Å². The Hall–Kier alpha value is -1.93. The van der Waals surface area contributed by atoms with Gasteiger partial charge in [-0.25, -0.2) is 0 Å². The highest BCUT2D eigenvalue weighted by molar-refractivity contribution is 5.98. The lowest BCUT2D eigenvalue weighted by molar-refractivity contribution is 0.0883. The first-order chi connectivity index (χ1) is 11.2. The summed E-state index contributed by atoms with van der Waals surface area (Å²) in [7, 11) is 0. The number of carbonyl (C=O) groups excluding carboxylic acids is 1. The highest BCUT2D eigenvalue weighted by Crippen LogP contribution is 2.21. The van der Waals surface area contributed by atoms with Gasteiger partial charge < -0.3 is 4.90 Å². The summed E-state index contributed by atoms with van der Waals surface area (Å²) in [5.74, 6) is 0.325. The monoisotopic (exact) mass is 307 g/mol. The lowest BCUT2D eigenvalue weighted by atomic mass is 9.96. The van der Waals surface area contributed by atoms with Gasteiger partial charge in [0.2, 0.25) is 0 Å². The molecule has 0 unspecified atom stereocenters. The fourth-order valence-electron chi connectivity index (χ4n) is 3.35. The van der Waals surface area contributed by atoms with E-state index in [-0.39, 0.29) is 11.7 Å². The normalized spacial score (nSPS) is 16.9. The van der Waals surface area contributed by atoms with Crippen LogP contribution in [0.5, 0.6) is 0 Å². The molecule has 23 heavy (non-hydrogen) atoms. The molecule has 120 valence electrons. The van der Waals surface area contributed by atoms with Crippen LogP contribution in [0, 0.1) is 5.92 Å². The van der Waals surface area contributed by atoms with Gasteiger partial charge in [0.1, 0.15) is 0 Å². The van der Waals surface area contributed by atoms with Crippen LogP contribution in [-0.2, 0) is 0 Å². The Bertz CT molecular complexity index is 627. The van der Waals surface area contributed by atoms with Crippen LogP contribution in [-0.4, -0.2) is 30.3 Å². The molecule has 0 N–H and O–H groups in total. The second-order valence-electron chi connectivity index (χ2n) is 6.57. The minimum Gasteiger partial charge on any atom is -0.303 e. The summed E-state index contributed by atoms with van der Waals surface area (Å²) >= 11 is 0. The van der Waals surface area contributed by atoms with Crippen molar-refractivity contribution in [3.05, 3.63) is 60.2 Å². The first kappa shape index (κ1) is 15.9. The number of Topliss-reactive ketones (excluding diaryl/α,β-unsaturated/α-hetero) is 1. The lowest BCUT2D eigenvalue weighted by Crippen LogP contribution is -2.35. The van der Waals surface area contributed by atoms with Crippen molar-refractivity contribution in [3.63, 3.8) is 0 Å². The molecule has 2 aromatic carbocycles. The zero-order valence-electron chi connectivity index (χ0n) is 13.9. The number of carbonyl (C=O) groups is 1. The van der Waals surface area contributed by atoms with Crippen molar-refractivity contribution >= 4 is 5.78 Å². The van der Waals surface area contributed by atoms with Gasteiger partial charge >= 0.3 is 0 Å². The Labute approximate surface area is 139 Å². The number of piperidine rings is 1. The Morgan fingerprint density at radius 2 is 1.52 bits per heavy atom. The number of benzene rings is 2. The molecule has 1 saturated heterocycles. The molecule has 1 atom stereocenters. The first-order valence-corrected chi connectivity index (χ1v) is 8.66. The molecule has 2 nitrogen and oxygen atoms in total. The van der Waals surface area contributed by atoms with Gasteiger partial charge in [-0.05, 0) is 37.1 Å². The van der Waals surface area contributed by atoms with Gasteiger partial charge in [0.25, 0.3) is 0 Å². The van der Waals surface area contributed by atoms with Gasteiger partial charge in [0, 0.05) is 18.0 Å². The molecule has 2 aromatic rings. The summed E-state index contributed by atoms with van der Waals surface area (Å²) in [6.45, 7) is 5.23.